The monoisotopic (exact) mass is 1520 g/mol. The van der Waals surface area contributed by atoms with Gasteiger partial charge in [-0.3, -0.25) is 0 Å². The van der Waals surface area contributed by atoms with Crippen LogP contribution < -0.4 is 26.2 Å². The summed E-state index contributed by atoms with van der Waals surface area (Å²) >= 11 is 0. The molecule has 118 heavy (non-hydrogen) atoms. The predicted molar refractivity (Wildman–Crippen MR) is 503 cm³/mol. The van der Waals surface area contributed by atoms with E-state index < -0.39 is 0 Å². The zero-order valence-corrected chi connectivity index (χ0v) is 70.3. The second kappa shape index (κ2) is 27.0. The summed E-state index contributed by atoms with van der Waals surface area (Å²) in [6.45, 7) is 34.6. The third-order valence-corrected chi connectivity index (χ3v) is 25.4. The van der Waals surface area contributed by atoms with Crippen molar-refractivity contribution in [2.24, 2.45) is 0 Å². The lowest BCUT2D eigenvalue weighted by atomic mass is 9.33. The normalized spacial score (nSPS) is 13.2. The Balaban J connectivity index is 0.952. The van der Waals surface area contributed by atoms with Crippen LogP contribution in [0.4, 0.5) is 34.1 Å². The molecule has 0 saturated carbocycles. The Kier molecular flexibility index (Phi) is 16.8. The quantitative estimate of drug-likeness (QED) is 0.135. The van der Waals surface area contributed by atoms with Crippen LogP contribution in [-0.2, 0) is 27.1 Å². The first-order valence-electron chi connectivity index (χ1n) is 41.9. The van der Waals surface area contributed by atoms with Crippen molar-refractivity contribution in [3.05, 3.63) is 349 Å². The number of hydrogen-bond donors (Lipinski definition) is 0. The molecule has 0 unspecified atom stereocenters. The Morgan fingerprint density at radius 2 is 0.610 bits per heavy atom. The van der Waals surface area contributed by atoms with E-state index >= 15 is 0 Å². The summed E-state index contributed by atoms with van der Waals surface area (Å²) in [5, 5.41) is 19.9. The van der Waals surface area contributed by atoms with Gasteiger partial charge in [0.2, 0.25) is 0 Å². The highest BCUT2D eigenvalue weighted by molar-refractivity contribution is 7.00. The molecule has 0 aliphatic carbocycles. The van der Waals surface area contributed by atoms with Crippen molar-refractivity contribution in [1.29, 1.82) is 5.26 Å². The molecule has 0 radical (unpaired) electrons. The highest BCUT2D eigenvalue weighted by atomic mass is 15.2. The first-order valence-corrected chi connectivity index (χ1v) is 41.9. The van der Waals surface area contributed by atoms with Gasteiger partial charge >= 0.3 is 0 Å². The molecule has 0 N–H and O–H groups in total. The molecule has 3 aromatic heterocycles. The van der Waals surface area contributed by atoms with Crippen LogP contribution >= 0.6 is 0 Å². The van der Waals surface area contributed by atoms with Crippen molar-refractivity contribution in [2.75, 3.05) is 9.80 Å². The molecule has 18 aromatic rings. The number of nitrogens with zero attached hydrogens (tertiary/aromatic N) is 6. The van der Waals surface area contributed by atoms with E-state index in [-0.39, 0.29) is 33.8 Å². The lowest BCUT2D eigenvalue weighted by molar-refractivity contribution is 0.569. The largest absolute Gasteiger partial charge is 0.311 e. The lowest BCUT2D eigenvalue weighted by Gasteiger charge is -2.45. The summed E-state index contributed by atoms with van der Waals surface area (Å²) in [4.78, 5) is 5.14. The van der Waals surface area contributed by atoms with Crippen molar-refractivity contribution >= 4 is 123 Å². The van der Waals surface area contributed by atoms with Crippen LogP contribution in [0.1, 0.15) is 137 Å². The maximum absolute atomic E-state index is 12.8. The SMILES string of the molecule is CC(C)(C)c1cc(-c2ccc3c(c2)N(c2cccc(-n4c5ccccc5c5cc(-c6ccccc6)ccc54)c2C#N)c2cc(-n4c5ccc(C(C)(C)C)cc5c5cc(C(C)(C)C)ccc54)cc4c2B3c2ccc(-n3c5ccccc5c5cc(C(C)(C)C)ccc53)cc2N4c2cc(-c3ccccc3)cc(-c3ccccc3)c2)cc(C(C)(C)C)c1. The van der Waals surface area contributed by atoms with Crippen LogP contribution in [0.5, 0.6) is 0 Å². The predicted octanol–water partition coefficient (Wildman–Crippen LogP) is 28.1. The third kappa shape index (κ3) is 12.1. The number of hydrogen-bond acceptors (Lipinski definition) is 3. The Labute approximate surface area is 694 Å². The second-order valence-corrected chi connectivity index (χ2v) is 38.2. The average molecular weight is 1530 g/mol. The average Bonchev–Trinajstić information content (AvgIpc) is 0.750. The van der Waals surface area contributed by atoms with E-state index in [1.165, 1.54) is 54.8 Å². The summed E-state index contributed by atoms with van der Waals surface area (Å²) in [6, 6.07) is 122. The van der Waals surface area contributed by atoms with Gasteiger partial charge in [-0.05, 0) is 237 Å². The standard InChI is InChI=1S/C111H97BN6/c1-107(2,3)77-44-51-98-88(62-77)86-37-25-27-38-94(86)114(98)82-47-49-93-103(65-82)116(83-57-74(70-32-21-17-22-33-70)54-75(58-83)71-34-23-18-24-35-71)104-66-84(115-99-52-45-78(108(4,5)6)63-89(99)90-64-79(109(7,8)9)46-53-100(90)115)67-105-106(104)112(93)92-48-42-73(76-55-80(110(10,11)12)61-81(56-76)111(13,14)15)60-102(92)118(105)97-41-29-40-96(91(97)68-113)117-95-39-28-26-36-85(95)87-59-72(43-50-101(87)117)69-30-19-16-20-31-69/h16-67H,1-15H3. The van der Waals surface area contributed by atoms with Crippen molar-refractivity contribution in [1.82, 2.24) is 13.7 Å². The summed E-state index contributed by atoms with van der Waals surface area (Å²) < 4.78 is 7.41. The number of anilines is 6. The van der Waals surface area contributed by atoms with Gasteiger partial charge in [0, 0.05) is 66.4 Å². The van der Waals surface area contributed by atoms with Gasteiger partial charge in [-0.25, -0.2) is 0 Å². The van der Waals surface area contributed by atoms with Gasteiger partial charge in [-0.15, -0.1) is 0 Å². The number of nitriles is 1. The van der Waals surface area contributed by atoms with Gasteiger partial charge in [-0.1, -0.05) is 298 Å². The summed E-state index contributed by atoms with van der Waals surface area (Å²) in [5.74, 6) is 0. The van der Waals surface area contributed by atoms with Crippen LogP contribution in [0.15, 0.2) is 315 Å². The van der Waals surface area contributed by atoms with Crippen LogP contribution in [0.25, 0.3) is 127 Å². The van der Waals surface area contributed by atoms with Gasteiger partial charge in [0.15, 0.2) is 0 Å². The van der Waals surface area contributed by atoms with Crippen LogP contribution in [-0.4, -0.2) is 20.4 Å². The molecule has 7 heteroatoms. The maximum atomic E-state index is 12.8. The molecule has 6 nitrogen and oxygen atoms in total. The van der Waals surface area contributed by atoms with E-state index in [9.17, 15) is 5.26 Å². The highest BCUT2D eigenvalue weighted by Gasteiger charge is 2.46. The minimum absolute atomic E-state index is 0.0663. The fourth-order valence-electron chi connectivity index (χ4n) is 19.0. The first kappa shape index (κ1) is 73.7. The molecule has 2 aliphatic rings. The molecule has 574 valence electrons. The summed E-state index contributed by atoms with van der Waals surface area (Å²) in [6.07, 6.45) is 0. The van der Waals surface area contributed by atoms with Crippen LogP contribution in [0.3, 0.4) is 0 Å². The van der Waals surface area contributed by atoms with E-state index in [2.05, 4.69) is 449 Å². The van der Waals surface area contributed by atoms with Crippen LogP contribution in [0, 0.1) is 11.3 Å². The van der Waals surface area contributed by atoms with E-state index in [4.69, 9.17) is 0 Å². The molecule has 5 heterocycles. The summed E-state index contributed by atoms with van der Waals surface area (Å²) in [5.41, 5.74) is 34.1. The second-order valence-electron chi connectivity index (χ2n) is 38.2. The molecule has 0 fully saturated rings. The van der Waals surface area contributed by atoms with E-state index in [0.717, 1.165) is 150 Å². The molecule has 0 bridgehead atoms. The molecule has 2 aliphatic heterocycles. The van der Waals surface area contributed by atoms with E-state index in [0.29, 0.717) is 5.56 Å². The highest BCUT2D eigenvalue weighted by Crippen LogP contribution is 2.52. The number of benzene rings is 15. The Bertz CT molecular complexity index is 7050. The third-order valence-electron chi connectivity index (χ3n) is 25.4. The van der Waals surface area contributed by atoms with Gasteiger partial charge < -0.3 is 23.5 Å². The van der Waals surface area contributed by atoms with Crippen molar-refractivity contribution in [2.45, 2.75) is 131 Å². The molecule has 15 aromatic carbocycles. The lowest BCUT2D eigenvalue weighted by Crippen LogP contribution is -2.61. The van der Waals surface area contributed by atoms with E-state index in [1.807, 2.05) is 0 Å². The molecular weight excluding hydrogens is 1430 g/mol. The molecule has 0 atom stereocenters. The van der Waals surface area contributed by atoms with Gasteiger partial charge in [0.25, 0.3) is 6.71 Å². The molecular formula is C111H97BN6. The minimum Gasteiger partial charge on any atom is -0.311 e. The maximum Gasteiger partial charge on any atom is 0.252 e. The Morgan fingerprint density at radius 1 is 0.229 bits per heavy atom. The van der Waals surface area contributed by atoms with Crippen molar-refractivity contribution in [3.63, 3.8) is 0 Å². The number of rotatable bonds is 9. The number of fused-ring (bicyclic) bond motifs is 13. The first-order chi connectivity index (χ1) is 56.6. The topological polar surface area (TPSA) is 45.1 Å². The smallest absolute Gasteiger partial charge is 0.252 e. The summed E-state index contributed by atoms with van der Waals surface area (Å²) in [7, 11) is 0. The minimum atomic E-state index is -0.337. The van der Waals surface area contributed by atoms with Gasteiger partial charge in [0.1, 0.15) is 11.6 Å². The zero-order chi connectivity index (χ0) is 81.4. The van der Waals surface area contributed by atoms with Gasteiger partial charge in [0.05, 0.1) is 50.2 Å². The number of para-hydroxylation sites is 2. The van der Waals surface area contributed by atoms with Crippen molar-refractivity contribution < 1.29 is 0 Å². The van der Waals surface area contributed by atoms with Crippen LogP contribution in [0.2, 0.25) is 0 Å². The number of aromatic nitrogens is 3. The molecule has 20 rings (SSSR count). The van der Waals surface area contributed by atoms with E-state index in [1.54, 1.807) is 0 Å². The fourth-order valence-corrected chi connectivity index (χ4v) is 19.0. The zero-order valence-electron chi connectivity index (χ0n) is 70.3. The Morgan fingerprint density at radius 3 is 1.13 bits per heavy atom. The fraction of sp³-hybridized carbons (Fsp3) is 0.180. The Hall–Kier alpha value is -13.1. The molecule has 0 spiro atoms. The molecule has 0 amide bonds. The van der Waals surface area contributed by atoms with Crippen molar-refractivity contribution in [3.8, 4) is 67.6 Å². The van der Waals surface area contributed by atoms with Gasteiger partial charge in [-0.2, -0.15) is 5.26 Å². The molecule has 0 saturated heterocycles.